The molecule has 2 fully saturated rings. The Morgan fingerprint density at radius 1 is 1.62 bits per heavy atom. The van der Waals surface area contributed by atoms with E-state index in [1.54, 1.807) is 0 Å². The molecule has 2 heterocycles. The third-order valence-corrected chi connectivity index (χ3v) is 3.67. The minimum atomic E-state index is -0.321. The van der Waals surface area contributed by atoms with Gasteiger partial charge in [0.2, 0.25) is 0 Å². The zero-order valence-electron chi connectivity index (χ0n) is 7.29. The summed E-state index contributed by atoms with van der Waals surface area (Å²) in [6.07, 6.45) is 0.324. The summed E-state index contributed by atoms with van der Waals surface area (Å²) < 4.78 is 15.5. The van der Waals surface area contributed by atoms with Gasteiger partial charge in [-0.2, -0.15) is 0 Å². The van der Waals surface area contributed by atoms with E-state index in [4.69, 9.17) is 14.2 Å². The standard InChI is InChI=1S/C8H11BrO4/c1-5(10)13-6-4-12-7-8(6,9)2-3-11-7/h6-7H,2-4H2,1H3/t6-,7?,8+/m1/s1. The predicted molar refractivity (Wildman–Crippen MR) is 47.5 cm³/mol. The maximum Gasteiger partial charge on any atom is 0.303 e. The van der Waals surface area contributed by atoms with Crippen molar-refractivity contribution >= 4 is 21.9 Å². The van der Waals surface area contributed by atoms with Crippen molar-refractivity contribution < 1.29 is 19.0 Å². The summed E-state index contributed by atoms with van der Waals surface area (Å²) >= 11 is 3.54. The van der Waals surface area contributed by atoms with E-state index in [0.717, 1.165) is 6.42 Å². The number of fused-ring (bicyclic) bond motifs is 1. The summed E-state index contributed by atoms with van der Waals surface area (Å²) in [6.45, 7) is 2.46. The smallest absolute Gasteiger partial charge is 0.303 e. The Morgan fingerprint density at radius 3 is 3.08 bits per heavy atom. The molecule has 2 saturated heterocycles. The van der Waals surface area contributed by atoms with E-state index in [-0.39, 0.29) is 22.7 Å². The summed E-state index contributed by atoms with van der Waals surface area (Å²) in [4.78, 5) is 10.8. The van der Waals surface area contributed by atoms with Crippen molar-refractivity contribution in [2.45, 2.75) is 30.1 Å². The van der Waals surface area contributed by atoms with Crippen LogP contribution in [0.3, 0.4) is 0 Å². The van der Waals surface area contributed by atoms with Gasteiger partial charge in [-0.15, -0.1) is 0 Å². The molecule has 0 N–H and O–H groups in total. The first kappa shape index (κ1) is 9.43. The molecule has 13 heavy (non-hydrogen) atoms. The molecule has 0 aliphatic carbocycles. The number of esters is 1. The zero-order valence-corrected chi connectivity index (χ0v) is 8.87. The number of hydrogen-bond donors (Lipinski definition) is 0. The number of alkyl halides is 1. The molecule has 0 aromatic carbocycles. The van der Waals surface area contributed by atoms with Crippen LogP contribution in [-0.4, -0.2) is 35.9 Å². The summed E-state index contributed by atoms with van der Waals surface area (Å²) in [7, 11) is 0. The number of hydrogen-bond acceptors (Lipinski definition) is 4. The summed E-state index contributed by atoms with van der Waals surface area (Å²) in [5, 5.41) is 0. The van der Waals surface area contributed by atoms with Gasteiger partial charge in [0.15, 0.2) is 6.29 Å². The SMILES string of the molecule is CC(=O)O[C@@H]1COC2OCC[C@@]21Br. The quantitative estimate of drug-likeness (QED) is 0.511. The number of carbonyl (C=O) groups excluding carboxylic acids is 1. The Morgan fingerprint density at radius 2 is 2.38 bits per heavy atom. The highest BCUT2D eigenvalue weighted by molar-refractivity contribution is 9.10. The van der Waals surface area contributed by atoms with E-state index >= 15 is 0 Å². The molecule has 2 aliphatic heterocycles. The molecule has 2 aliphatic rings. The average molecular weight is 251 g/mol. The Labute approximate surface area is 84.7 Å². The number of carbonyl (C=O) groups is 1. The van der Waals surface area contributed by atoms with Crippen molar-refractivity contribution in [3.63, 3.8) is 0 Å². The monoisotopic (exact) mass is 250 g/mol. The summed E-state index contributed by atoms with van der Waals surface area (Å²) in [5.74, 6) is -0.278. The largest absolute Gasteiger partial charge is 0.458 e. The molecule has 5 heteroatoms. The lowest BCUT2D eigenvalue weighted by Crippen LogP contribution is -2.39. The lowest BCUT2D eigenvalue weighted by Gasteiger charge is -2.24. The van der Waals surface area contributed by atoms with Gasteiger partial charge in [0, 0.05) is 6.92 Å². The van der Waals surface area contributed by atoms with Gasteiger partial charge in [-0.25, -0.2) is 0 Å². The van der Waals surface area contributed by atoms with Crippen LogP contribution in [0.2, 0.25) is 0 Å². The van der Waals surface area contributed by atoms with Gasteiger partial charge in [0.05, 0.1) is 13.2 Å². The molecule has 0 aromatic heterocycles. The molecule has 0 radical (unpaired) electrons. The molecule has 1 unspecified atom stereocenters. The zero-order chi connectivity index (χ0) is 9.47. The molecule has 2 rings (SSSR count). The number of rotatable bonds is 1. The Bertz CT molecular complexity index is 232. The fourth-order valence-electron chi connectivity index (χ4n) is 1.72. The van der Waals surface area contributed by atoms with Crippen LogP contribution in [-0.2, 0) is 19.0 Å². The minimum absolute atomic E-state index is 0.225. The van der Waals surface area contributed by atoms with Crippen molar-refractivity contribution in [2.24, 2.45) is 0 Å². The van der Waals surface area contributed by atoms with Crippen LogP contribution in [0.1, 0.15) is 13.3 Å². The lowest BCUT2D eigenvalue weighted by molar-refractivity contribution is -0.147. The molecule has 0 saturated carbocycles. The maximum absolute atomic E-state index is 10.8. The Kier molecular flexibility index (Phi) is 2.33. The van der Waals surface area contributed by atoms with Gasteiger partial charge in [-0.05, 0) is 6.42 Å². The van der Waals surface area contributed by atoms with E-state index in [2.05, 4.69) is 15.9 Å². The van der Waals surface area contributed by atoms with Crippen LogP contribution in [0, 0.1) is 0 Å². The van der Waals surface area contributed by atoms with Gasteiger partial charge in [-0.1, -0.05) is 15.9 Å². The molecular formula is C8H11BrO4. The van der Waals surface area contributed by atoms with Crippen molar-refractivity contribution in [1.82, 2.24) is 0 Å². The van der Waals surface area contributed by atoms with Crippen molar-refractivity contribution in [1.29, 1.82) is 0 Å². The predicted octanol–water partition coefficient (Wildman–Crippen LogP) is 0.828. The average Bonchev–Trinajstić information content (AvgIpc) is 2.51. The lowest BCUT2D eigenvalue weighted by atomic mass is 10.0. The van der Waals surface area contributed by atoms with Crippen LogP contribution in [0.25, 0.3) is 0 Å². The first-order valence-corrected chi connectivity index (χ1v) is 5.01. The molecule has 0 aromatic rings. The highest BCUT2D eigenvalue weighted by atomic mass is 79.9. The number of ether oxygens (including phenoxy) is 3. The maximum atomic E-state index is 10.8. The molecule has 74 valence electrons. The molecule has 0 bridgehead atoms. The van der Waals surface area contributed by atoms with Gasteiger partial charge < -0.3 is 14.2 Å². The molecule has 0 amide bonds. The highest BCUT2D eigenvalue weighted by Gasteiger charge is 2.55. The van der Waals surface area contributed by atoms with Gasteiger partial charge in [-0.3, -0.25) is 4.79 Å². The van der Waals surface area contributed by atoms with Crippen LogP contribution >= 0.6 is 15.9 Å². The van der Waals surface area contributed by atoms with Crippen molar-refractivity contribution in [3.05, 3.63) is 0 Å². The fourth-order valence-corrected chi connectivity index (χ4v) is 2.38. The number of halogens is 1. The Balaban J connectivity index is 2.09. The first-order valence-electron chi connectivity index (χ1n) is 4.22. The van der Waals surface area contributed by atoms with Crippen molar-refractivity contribution in [2.75, 3.05) is 13.2 Å². The second-order valence-corrected chi connectivity index (χ2v) is 4.79. The van der Waals surface area contributed by atoms with Gasteiger partial charge in [0.25, 0.3) is 0 Å². The van der Waals surface area contributed by atoms with Gasteiger partial charge in [0.1, 0.15) is 10.4 Å². The topological polar surface area (TPSA) is 44.8 Å². The van der Waals surface area contributed by atoms with Crippen molar-refractivity contribution in [3.8, 4) is 0 Å². The van der Waals surface area contributed by atoms with Crippen LogP contribution in [0.4, 0.5) is 0 Å². The third-order valence-electron chi connectivity index (χ3n) is 2.39. The normalized spacial score (nSPS) is 43.2. The first-order chi connectivity index (χ1) is 6.13. The molecule has 0 spiro atoms. The summed E-state index contributed by atoms with van der Waals surface area (Å²) in [5.41, 5.74) is 0. The molecular weight excluding hydrogens is 240 g/mol. The van der Waals surface area contributed by atoms with Crippen LogP contribution < -0.4 is 0 Å². The van der Waals surface area contributed by atoms with E-state index in [1.165, 1.54) is 6.92 Å². The van der Waals surface area contributed by atoms with E-state index in [0.29, 0.717) is 13.2 Å². The highest BCUT2D eigenvalue weighted by Crippen LogP contribution is 2.44. The summed E-state index contributed by atoms with van der Waals surface area (Å²) in [6, 6.07) is 0. The van der Waals surface area contributed by atoms with E-state index < -0.39 is 0 Å². The minimum Gasteiger partial charge on any atom is -0.458 e. The van der Waals surface area contributed by atoms with E-state index in [9.17, 15) is 4.79 Å². The van der Waals surface area contributed by atoms with Gasteiger partial charge >= 0.3 is 5.97 Å². The second-order valence-electron chi connectivity index (χ2n) is 3.31. The van der Waals surface area contributed by atoms with Crippen LogP contribution in [0.5, 0.6) is 0 Å². The molecule has 4 nitrogen and oxygen atoms in total. The van der Waals surface area contributed by atoms with E-state index in [1.807, 2.05) is 0 Å². The third kappa shape index (κ3) is 1.49. The molecule has 3 atom stereocenters. The Hall–Kier alpha value is -0.130. The second kappa shape index (κ2) is 3.22. The van der Waals surface area contributed by atoms with Crippen LogP contribution in [0.15, 0.2) is 0 Å². The fraction of sp³-hybridized carbons (Fsp3) is 0.875.